The van der Waals surface area contributed by atoms with Crippen LogP contribution in [0.2, 0.25) is 0 Å². The number of rotatable bonds is 5. The number of nitrogens with zero attached hydrogens (tertiary/aromatic N) is 2. The summed E-state index contributed by atoms with van der Waals surface area (Å²) in [5.41, 5.74) is 5.23. The summed E-state index contributed by atoms with van der Waals surface area (Å²) < 4.78 is 8.72. The highest BCUT2D eigenvalue weighted by atomic mass is 79.9. The van der Waals surface area contributed by atoms with Gasteiger partial charge in [0.2, 0.25) is 0 Å². The summed E-state index contributed by atoms with van der Waals surface area (Å²) >= 11 is 3.54. The lowest BCUT2D eigenvalue weighted by Crippen LogP contribution is -2.42. The Labute approximate surface area is 152 Å². The van der Waals surface area contributed by atoms with Crippen LogP contribution >= 0.6 is 15.9 Å². The van der Waals surface area contributed by atoms with Gasteiger partial charge in [-0.15, -0.1) is 0 Å². The van der Waals surface area contributed by atoms with Gasteiger partial charge in [-0.3, -0.25) is 4.68 Å². The minimum Gasteiger partial charge on any atom is -0.381 e. The molecule has 1 aromatic carbocycles. The lowest BCUT2D eigenvalue weighted by atomic mass is 9.74. The number of hydrogen-bond acceptors (Lipinski definition) is 3. The van der Waals surface area contributed by atoms with E-state index >= 15 is 0 Å². The summed E-state index contributed by atoms with van der Waals surface area (Å²) in [6.45, 7) is 7.72. The van der Waals surface area contributed by atoms with E-state index in [2.05, 4.69) is 64.5 Å². The van der Waals surface area contributed by atoms with E-state index in [1.165, 1.54) is 16.8 Å². The molecule has 0 saturated carbocycles. The Bertz CT molecular complexity index is 687. The summed E-state index contributed by atoms with van der Waals surface area (Å²) in [6, 6.07) is 8.78. The molecular weight excluding hydrogens is 366 g/mol. The molecule has 24 heavy (non-hydrogen) atoms. The molecule has 130 valence electrons. The molecule has 1 fully saturated rings. The van der Waals surface area contributed by atoms with Crippen molar-refractivity contribution >= 4 is 15.9 Å². The molecule has 5 heteroatoms. The van der Waals surface area contributed by atoms with E-state index in [9.17, 15) is 0 Å². The van der Waals surface area contributed by atoms with Crippen LogP contribution in [0.4, 0.5) is 0 Å². The molecular formula is C19H26BrN3O. The predicted molar refractivity (Wildman–Crippen MR) is 100 cm³/mol. The molecule has 0 unspecified atom stereocenters. The zero-order valence-electron chi connectivity index (χ0n) is 14.7. The lowest BCUT2D eigenvalue weighted by Gasteiger charge is -2.38. The average molecular weight is 392 g/mol. The SMILES string of the molecule is Cc1nn(C)c(C)c1CNCC1(c2ccc(Br)cc2)CCOCC1. The van der Waals surface area contributed by atoms with Gasteiger partial charge in [0.15, 0.2) is 0 Å². The highest BCUT2D eigenvalue weighted by molar-refractivity contribution is 9.10. The standard InChI is InChI=1S/C19H26BrN3O/c1-14-18(15(2)23(3)22-14)12-21-13-19(8-10-24-11-9-19)16-4-6-17(20)7-5-16/h4-7,21H,8-13H2,1-3H3. The number of hydrogen-bond donors (Lipinski definition) is 1. The molecule has 1 aromatic heterocycles. The molecule has 0 spiro atoms. The van der Waals surface area contributed by atoms with Crippen molar-refractivity contribution in [3.05, 3.63) is 51.3 Å². The van der Waals surface area contributed by atoms with Gasteiger partial charge in [0.05, 0.1) is 5.69 Å². The van der Waals surface area contributed by atoms with E-state index in [1.807, 2.05) is 11.7 Å². The van der Waals surface area contributed by atoms with Crippen molar-refractivity contribution < 1.29 is 4.74 Å². The molecule has 1 saturated heterocycles. The maximum atomic E-state index is 5.63. The smallest absolute Gasteiger partial charge is 0.0641 e. The first kappa shape index (κ1) is 17.6. The van der Waals surface area contributed by atoms with Gasteiger partial charge < -0.3 is 10.1 Å². The van der Waals surface area contributed by atoms with Crippen LogP contribution < -0.4 is 5.32 Å². The van der Waals surface area contributed by atoms with Gasteiger partial charge in [0.1, 0.15) is 0 Å². The predicted octanol–water partition coefficient (Wildman–Crippen LogP) is 3.64. The fraction of sp³-hybridized carbons (Fsp3) is 0.526. The Hall–Kier alpha value is -1.17. The highest BCUT2D eigenvalue weighted by Crippen LogP contribution is 2.35. The molecule has 2 aromatic rings. The Balaban J connectivity index is 1.74. The van der Waals surface area contributed by atoms with Crippen molar-refractivity contribution in [2.24, 2.45) is 7.05 Å². The fourth-order valence-corrected chi connectivity index (χ4v) is 3.90. The van der Waals surface area contributed by atoms with Gasteiger partial charge in [-0.1, -0.05) is 28.1 Å². The van der Waals surface area contributed by atoms with Crippen molar-refractivity contribution in [2.75, 3.05) is 19.8 Å². The van der Waals surface area contributed by atoms with E-state index in [4.69, 9.17) is 4.74 Å². The molecule has 0 atom stereocenters. The zero-order valence-corrected chi connectivity index (χ0v) is 16.3. The zero-order chi connectivity index (χ0) is 17.2. The van der Waals surface area contributed by atoms with Crippen LogP contribution in [0, 0.1) is 13.8 Å². The van der Waals surface area contributed by atoms with Crippen LogP contribution in [0.25, 0.3) is 0 Å². The summed E-state index contributed by atoms with van der Waals surface area (Å²) in [7, 11) is 2.01. The molecule has 3 rings (SSSR count). The number of aromatic nitrogens is 2. The average Bonchev–Trinajstić information content (AvgIpc) is 2.82. The van der Waals surface area contributed by atoms with Crippen LogP contribution in [0.15, 0.2) is 28.7 Å². The molecule has 4 nitrogen and oxygen atoms in total. The maximum Gasteiger partial charge on any atom is 0.0641 e. The third kappa shape index (κ3) is 3.58. The van der Waals surface area contributed by atoms with Crippen LogP contribution in [0.5, 0.6) is 0 Å². The molecule has 0 bridgehead atoms. The second-order valence-electron chi connectivity index (χ2n) is 6.78. The normalized spacial score (nSPS) is 17.2. The number of halogens is 1. The summed E-state index contributed by atoms with van der Waals surface area (Å²) in [5, 5.41) is 8.21. The van der Waals surface area contributed by atoms with Gasteiger partial charge in [-0.2, -0.15) is 5.10 Å². The van der Waals surface area contributed by atoms with E-state index in [0.29, 0.717) is 0 Å². The first-order valence-electron chi connectivity index (χ1n) is 8.55. The maximum absolute atomic E-state index is 5.63. The molecule has 0 amide bonds. The van der Waals surface area contributed by atoms with Gasteiger partial charge in [-0.05, 0) is 44.4 Å². The topological polar surface area (TPSA) is 39.1 Å². The summed E-state index contributed by atoms with van der Waals surface area (Å²) in [5.74, 6) is 0. The molecule has 1 N–H and O–H groups in total. The van der Waals surface area contributed by atoms with Crippen LogP contribution in [-0.2, 0) is 23.7 Å². The molecule has 0 aliphatic carbocycles. The number of benzene rings is 1. The fourth-order valence-electron chi connectivity index (χ4n) is 3.63. The highest BCUT2D eigenvalue weighted by Gasteiger charge is 2.34. The monoisotopic (exact) mass is 391 g/mol. The summed E-state index contributed by atoms with van der Waals surface area (Å²) in [6.07, 6.45) is 2.12. The number of ether oxygens (including phenoxy) is 1. The van der Waals surface area contributed by atoms with E-state index in [0.717, 1.165) is 49.3 Å². The summed E-state index contributed by atoms with van der Waals surface area (Å²) in [4.78, 5) is 0. The van der Waals surface area contributed by atoms with E-state index in [-0.39, 0.29) is 5.41 Å². The van der Waals surface area contributed by atoms with Gasteiger partial charge in [0.25, 0.3) is 0 Å². The number of aryl methyl sites for hydroxylation is 2. The van der Waals surface area contributed by atoms with Crippen LogP contribution in [-0.4, -0.2) is 29.5 Å². The van der Waals surface area contributed by atoms with Crippen molar-refractivity contribution in [2.45, 2.75) is 38.6 Å². The molecule has 1 aliphatic rings. The van der Waals surface area contributed by atoms with Crippen molar-refractivity contribution in [3.8, 4) is 0 Å². The third-order valence-corrected chi connectivity index (χ3v) is 5.86. The second kappa shape index (κ2) is 7.38. The largest absolute Gasteiger partial charge is 0.381 e. The molecule has 1 aliphatic heterocycles. The van der Waals surface area contributed by atoms with Gasteiger partial charge >= 0.3 is 0 Å². The van der Waals surface area contributed by atoms with Crippen molar-refractivity contribution in [3.63, 3.8) is 0 Å². The van der Waals surface area contributed by atoms with Crippen LogP contribution in [0.1, 0.15) is 35.4 Å². The van der Waals surface area contributed by atoms with Crippen molar-refractivity contribution in [1.82, 2.24) is 15.1 Å². The first-order valence-corrected chi connectivity index (χ1v) is 9.35. The third-order valence-electron chi connectivity index (χ3n) is 5.33. The minimum absolute atomic E-state index is 0.156. The van der Waals surface area contributed by atoms with Gasteiger partial charge in [0, 0.05) is 54.5 Å². The quantitative estimate of drug-likeness (QED) is 0.845. The lowest BCUT2D eigenvalue weighted by molar-refractivity contribution is 0.0497. The first-order chi connectivity index (χ1) is 11.5. The Morgan fingerprint density at radius 1 is 1.21 bits per heavy atom. The Morgan fingerprint density at radius 2 is 1.88 bits per heavy atom. The van der Waals surface area contributed by atoms with Gasteiger partial charge in [-0.25, -0.2) is 0 Å². The Kier molecular flexibility index (Phi) is 5.42. The van der Waals surface area contributed by atoms with E-state index in [1.54, 1.807) is 0 Å². The molecule has 2 heterocycles. The van der Waals surface area contributed by atoms with Crippen LogP contribution in [0.3, 0.4) is 0 Å². The number of nitrogens with one attached hydrogen (secondary N) is 1. The van der Waals surface area contributed by atoms with E-state index < -0.39 is 0 Å². The molecule has 0 radical (unpaired) electrons. The Morgan fingerprint density at radius 3 is 2.46 bits per heavy atom. The second-order valence-corrected chi connectivity index (χ2v) is 7.69. The van der Waals surface area contributed by atoms with Crippen molar-refractivity contribution in [1.29, 1.82) is 0 Å². The minimum atomic E-state index is 0.156.